The Morgan fingerprint density at radius 2 is 2.11 bits per heavy atom. The molecule has 0 aliphatic carbocycles. The van der Waals surface area contributed by atoms with E-state index >= 15 is 0 Å². The number of nitrogens with one attached hydrogen (secondary N) is 1. The molecule has 2 nitrogen and oxygen atoms in total. The summed E-state index contributed by atoms with van der Waals surface area (Å²) >= 11 is 3.41. The van der Waals surface area contributed by atoms with Crippen LogP contribution in [-0.2, 0) is 4.74 Å². The molecule has 0 aliphatic rings. The van der Waals surface area contributed by atoms with Crippen LogP contribution >= 0.6 is 15.9 Å². The van der Waals surface area contributed by atoms with Crippen molar-refractivity contribution in [2.45, 2.75) is 38.3 Å². The summed E-state index contributed by atoms with van der Waals surface area (Å²) < 4.78 is 20.1. The van der Waals surface area contributed by atoms with Gasteiger partial charge in [-0.3, -0.25) is 0 Å². The molecule has 1 N–H and O–H groups in total. The fourth-order valence-corrected chi connectivity index (χ4v) is 2.49. The standard InChI is InChI=1S/C14H21BrFNO/c1-14(2,18-4)9-8-12(17-3)13-10(15)6-5-7-11(13)16/h5-7,12,17H,8-9H2,1-4H3. The topological polar surface area (TPSA) is 21.3 Å². The first-order valence-electron chi connectivity index (χ1n) is 6.07. The van der Waals surface area contributed by atoms with Crippen molar-refractivity contribution in [3.8, 4) is 0 Å². The van der Waals surface area contributed by atoms with Crippen molar-refractivity contribution >= 4 is 15.9 Å². The SMILES string of the molecule is CNC(CCC(C)(C)OC)c1c(F)cccc1Br. The van der Waals surface area contributed by atoms with Crippen LogP contribution in [0.2, 0.25) is 0 Å². The molecule has 0 bridgehead atoms. The Balaban J connectivity index is 2.84. The van der Waals surface area contributed by atoms with Gasteiger partial charge in [-0.25, -0.2) is 4.39 Å². The summed E-state index contributed by atoms with van der Waals surface area (Å²) in [6, 6.07) is 5.04. The highest BCUT2D eigenvalue weighted by molar-refractivity contribution is 9.10. The van der Waals surface area contributed by atoms with Crippen molar-refractivity contribution in [3.05, 3.63) is 34.1 Å². The van der Waals surface area contributed by atoms with Gasteiger partial charge in [0.15, 0.2) is 0 Å². The molecule has 0 fully saturated rings. The molecule has 1 aromatic rings. The number of hydrogen-bond acceptors (Lipinski definition) is 2. The second-order valence-electron chi connectivity index (χ2n) is 4.98. The number of halogens is 2. The van der Waals surface area contributed by atoms with Crippen molar-refractivity contribution in [2.75, 3.05) is 14.2 Å². The fraction of sp³-hybridized carbons (Fsp3) is 0.571. The van der Waals surface area contributed by atoms with E-state index in [4.69, 9.17) is 4.74 Å². The van der Waals surface area contributed by atoms with E-state index in [1.807, 2.05) is 27.0 Å². The van der Waals surface area contributed by atoms with E-state index in [-0.39, 0.29) is 17.5 Å². The average molecular weight is 318 g/mol. The van der Waals surface area contributed by atoms with Crippen LogP contribution in [0.25, 0.3) is 0 Å². The Labute approximate surface area is 117 Å². The highest BCUT2D eigenvalue weighted by atomic mass is 79.9. The number of methoxy groups -OCH3 is 1. The molecule has 18 heavy (non-hydrogen) atoms. The summed E-state index contributed by atoms with van der Waals surface area (Å²) in [5.41, 5.74) is 0.499. The van der Waals surface area contributed by atoms with Gasteiger partial charge >= 0.3 is 0 Å². The summed E-state index contributed by atoms with van der Waals surface area (Å²) in [4.78, 5) is 0. The Morgan fingerprint density at radius 3 is 2.61 bits per heavy atom. The summed E-state index contributed by atoms with van der Waals surface area (Å²) in [6.07, 6.45) is 1.67. The fourth-order valence-electron chi connectivity index (χ4n) is 1.87. The van der Waals surface area contributed by atoms with Crippen LogP contribution in [0.15, 0.2) is 22.7 Å². The summed E-state index contributed by atoms with van der Waals surface area (Å²) in [5, 5.41) is 3.17. The maximum absolute atomic E-state index is 13.9. The third kappa shape index (κ3) is 4.04. The quantitative estimate of drug-likeness (QED) is 0.854. The van der Waals surface area contributed by atoms with E-state index in [1.54, 1.807) is 13.2 Å². The van der Waals surface area contributed by atoms with E-state index in [0.29, 0.717) is 5.56 Å². The molecule has 1 unspecified atom stereocenters. The minimum atomic E-state index is -0.188. The van der Waals surface area contributed by atoms with E-state index in [9.17, 15) is 4.39 Å². The molecule has 1 rings (SSSR count). The molecule has 4 heteroatoms. The number of rotatable bonds is 6. The van der Waals surface area contributed by atoms with Crippen LogP contribution in [0, 0.1) is 5.82 Å². The molecule has 0 heterocycles. The second-order valence-corrected chi connectivity index (χ2v) is 5.83. The molecule has 102 valence electrons. The van der Waals surface area contributed by atoms with Gasteiger partial charge in [0.2, 0.25) is 0 Å². The van der Waals surface area contributed by atoms with Gasteiger partial charge in [-0.15, -0.1) is 0 Å². The van der Waals surface area contributed by atoms with Gasteiger partial charge in [-0.2, -0.15) is 0 Å². The van der Waals surface area contributed by atoms with Gasteiger partial charge in [-0.05, 0) is 45.9 Å². The lowest BCUT2D eigenvalue weighted by Gasteiger charge is -2.26. The molecular weight excluding hydrogens is 297 g/mol. The highest BCUT2D eigenvalue weighted by Crippen LogP contribution is 2.31. The first-order chi connectivity index (χ1) is 8.41. The van der Waals surface area contributed by atoms with Gasteiger partial charge in [0, 0.05) is 23.2 Å². The highest BCUT2D eigenvalue weighted by Gasteiger charge is 2.22. The minimum absolute atomic E-state index is 0.0185. The van der Waals surface area contributed by atoms with Crippen molar-refractivity contribution < 1.29 is 9.13 Å². The molecule has 0 aliphatic heterocycles. The molecule has 0 aromatic heterocycles. The van der Waals surface area contributed by atoms with Crippen molar-refractivity contribution in [1.29, 1.82) is 0 Å². The van der Waals surface area contributed by atoms with E-state index in [1.165, 1.54) is 6.07 Å². The molecule has 0 spiro atoms. The predicted octanol–water partition coefficient (Wildman–Crippen LogP) is 4.05. The third-order valence-electron chi connectivity index (χ3n) is 3.28. The molecule has 0 radical (unpaired) electrons. The number of hydrogen-bond donors (Lipinski definition) is 1. The lowest BCUT2D eigenvalue weighted by molar-refractivity contribution is 0.0117. The van der Waals surface area contributed by atoms with Crippen LogP contribution in [-0.4, -0.2) is 19.8 Å². The maximum atomic E-state index is 13.9. The van der Waals surface area contributed by atoms with Crippen LogP contribution in [0.3, 0.4) is 0 Å². The van der Waals surface area contributed by atoms with Crippen molar-refractivity contribution in [3.63, 3.8) is 0 Å². The molecule has 1 aromatic carbocycles. The summed E-state index contributed by atoms with van der Waals surface area (Å²) in [7, 11) is 3.55. The van der Waals surface area contributed by atoms with Crippen LogP contribution in [0.1, 0.15) is 38.3 Å². The monoisotopic (exact) mass is 317 g/mol. The third-order valence-corrected chi connectivity index (χ3v) is 3.98. The molecule has 0 saturated heterocycles. The zero-order valence-electron chi connectivity index (χ0n) is 11.4. The molecular formula is C14H21BrFNO. The first-order valence-corrected chi connectivity index (χ1v) is 6.87. The second kappa shape index (κ2) is 6.64. The molecule has 0 amide bonds. The summed E-state index contributed by atoms with van der Waals surface area (Å²) in [6.45, 7) is 4.08. The normalized spacial score (nSPS) is 13.7. The van der Waals surface area contributed by atoms with Crippen LogP contribution < -0.4 is 5.32 Å². The largest absolute Gasteiger partial charge is 0.379 e. The van der Waals surface area contributed by atoms with Gasteiger partial charge < -0.3 is 10.1 Å². The number of benzene rings is 1. The van der Waals surface area contributed by atoms with Crippen molar-refractivity contribution in [1.82, 2.24) is 5.32 Å². The predicted molar refractivity (Wildman–Crippen MR) is 76.2 cm³/mol. The van der Waals surface area contributed by atoms with Crippen LogP contribution in [0.5, 0.6) is 0 Å². The Morgan fingerprint density at radius 1 is 1.44 bits per heavy atom. The average Bonchev–Trinajstić information content (AvgIpc) is 2.33. The van der Waals surface area contributed by atoms with Crippen LogP contribution in [0.4, 0.5) is 4.39 Å². The Bertz CT molecular complexity index is 375. The smallest absolute Gasteiger partial charge is 0.129 e. The lowest BCUT2D eigenvalue weighted by atomic mass is 9.94. The van der Waals surface area contributed by atoms with Gasteiger partial charge in [0.25, 0.3) is 0 Å². The zero-order valence-corrected chi connectivity index (χ0v) is 13.0. The van der Waals surface area contributed by atoms with E-state index in [0.717, 1.165) is 17.3 Å². The Kier molecular flexibility index (Phi) is 5.76. The maximum Gasteiger partial charge on any atom is 0.129 e. The minimum Gasteiger partial charge on any atom is -0.379 e. The first kappa shape index (κ1) is 15.6. The molecule has 1 atom stereocenters. The molecule has 0 saturated carbocycles. The van der Waals surface area contributed by atoms with Gasteiger partial charge in [0.05, 0.1) is 5.60 Å². The lowest BCUT2D eigenvalue weighted by Crippen LogP contribution is -2.26. The van der Waals surface area contributed by atoms with E-state index < -0.39 is 0 Å². The van der Waals surface area contributed by atoms with Gasteiger partial charge in [0.1, 0.15) is 5.82 Å². The summed E-state index contributed by atoms with van der Waals surface area (Å²) in [5.74, 6) is -0.182. The zero-order chi connectivity index (χ0) is 13.8. The van der Waals surface area contributed by atoms with Gasteiger partial charge in [-0.1, -0.05) is 22.0 Å². The Hall–Kier alpha value is -0.450. The number of ether oxygens (including phenoxy) is 1. The van der Waals surface area contributed by atoms with Crippen molar-refractivity contribution in [2.24, 2.45) is 0 Å². The van der Waals surface area contributed by atoms with E-state index in [2.05, 4.69) is 21.2 Å².